The van der Waals surface area contributed by atoms with E-state index in [0.29, 0.717) is 22.7 Å². The molecule has 3 rings (SSSR count). The Morgan fingerprint density at radius 1 is 1.17 bits per heavy atom. The summed E-state index contributed by atoms with van der Waals surface area (Å²) in [5.41, 5.74) is 1.80. The van der Waals surface area contributed by atoms with Crippen LogP contribution in [-0.2, 0) is 4.79 Å². The van der Waals surface area contributed by atoms with Gasteiger partial charge in [0.2, 0.25) is 5.88 Å². The average molecular weight is 452 g/mol. The van der Waals surface area contributed by atoms with Gasteiger partial charge in [0.25, 0.3) is 5.91 Å². The van der Waals surface area contributed by atoms with Crippen molar-refractivity contribution in [1.29, 1.82) is 5.26 Å². The summed E-state index contributed by atoms with van der Waals surface area (Å²) in [6.07, 6.45) is 0.892. The van der Waals surface area contributed by atoms with Crippen molar-refractivity contribution in [1.82, 2.24) is 4.98 Å². The highest BCUT2D eigenvalue weighted by molar-refractivity contribution is 9.10. The number of aromatic nitrogens is 1. The Hall–Kier alpha value is -3.37. The molecule has 1 unspecified atom stereocenters. The number of nitrogens with zero attached hydrogens (tertiary/aromatic N) is 2. The molecule has 0 saturated carbocycles. The Balaban J connectivity index is 1.66. The average Bonchev–Trinajstić information content (AvgIpc) is 2.72. The van der Waals surface area contributed by atoms with Gasteiger partial charge in [0.1, 0.15) is 23.1 Å². The van der Waals surface area contributed by atoms with E-state index in [-0.39, 0.29) is 11.8 Å². The number of halogens is 1. The van der Waals surface area contributed by atoms with Gasteiger partial charge in [-0.25, -0.2) is 4.98 Å². The van der Waals surface area contributed by atoms with Crippen LogP contribution in [0.15, 0.2) is 65.3 Å². The molecule has 1 amide bonds. The van der Waals surface area contributed by atoms with Crippen molar-refractivity contribution in [2.24, 2.45) is 0 Å². The molecule has 0 aliphatic heterocycles. The molecule has 6 nitrogen and oxygen atoms in total. The molecule has 1 N–H and O–H groups in total. The van der Waals surface area contributed by atoms with Crippen LogP contribution in [0.1, 0.15) is 18.1 Å². The lowest BCUT2D eigenvalue weighted by molar-refractivity contribution is -0.122. The summed E-state index contributed by atoms with van der Waals surface area (Å²) in [5, 5.41) is 12.0. The van der Waals surface area contributed by atoms with Crippen LogP contribution in [0, 0.1) is 18.3 Å². The maximum Gasteiger partial charge on any atom is 0.265 e. The number of carbonyl (C=O) groups excluding carboxylic acids is 1. The Bertz CT molecular complexity index is 1060. The quantitative estimate of drug-likeness (QED) is 0.554. The maximum absolute atomic E-state index is 12.5. The predicted octanol–water partition coefficient (Wildman–Crippen LogP) is 5.22. The molecule has 0 radical (unpaired) electrons. The Kier molecular flexibility index (Phi) is 6.47. The molecule has 7 heteroatoms. The van der Waals surface area contributed by atoms with Gasteiger partial charge in [0, 0.05) is 16.4 Å². The summed E-state index contributed by atoms with van der Waals surface area (Å²) in [4.78, 5) is 16.6. The van der Waals surface area contributed by atoms with E-state index < -0.39 is 6.10 Å². The Morgan fingerprint density at radius 2 is 1.90 bits per heavy atom. The van der Waals surface area contributed by atoms with E-state index in [1.54, 1.807) is 55.6 Å². The van der Waals surface area contributed by atoms with Gasteiger partial charge in [0.15, 0.2) is 6.10 Å². The summed E-state index contributed by atoms with van der Waals surface area (Å²) >= 11 is 3.36. The van der Waals surface area contributed by atoms with E-state index in [4.69, 9.17) is 14.7 Å². The number of hydrogen-bond acceptors (Lipinski definition) is 5. The summed E-state index contributed by atoms with van der Waals surface area (Å²) in [7, 11) is 0. The van der Waals surface area contributed by atoms with Crippen LogP contribution in [0.5, 0.6) is 17.4 Å². The minimum Gasteiger partial charge on any atom is -0.481 e. The zero-order valence-electron chi connectivity index (χ0n) is 15.8. The number of nitrogens with one attached hydrogen (secondary N) is 1. The van der Waals surface area contributed by atoms with E-state index in [1.807, 2.05) is 25.1 Å². The standard InChI is InChI=1S/C22H18BrN3O3/c1-14-12-19(29-22-16(13-24)4-3-11-25-22)9-10-20(14)26-21(27)15(2)28-18-7-5-17(23)6-8-18/h3-12,15H,1-2H3,(H,26,27). The van der Waals surface area contributed by atoms with E-state index >= 15 is 0 Å². The number of benzene rings is 2. The molecular formula is C22H18BrN3O3. The maximum atomic E-state index is 12.5. The molecule has 2 aromatic carbocycles. The lowest BCUT2D eigenvalue weighted by atomic mass is 10.2. The third kappa shape index (κ3) is 5.33. The first-order valence-corrected chi connectivity index (χ1v) is 9.62. The number of pyridine rings is 1. The van der Waals surface area contributed by atoms with Gasteiger partial charge in [-0.15, -0.1) is 0 Å². The fourth-order valence-corrected chi connectivity index (χ4v) is 2.78. The normalized spacial score (nSPS) is 11.2. The molecule has 0 saturated heterocycles. The number of ether oxygens (including phenoxy) is 2. The molecule has 1 atom stereocenters. The van der Waals surface area contributed by atoms with Crippen LogP contribution in [0.25, 0.3) is 0 Å². The fourth-order valence-electron chi connectivity index (χ4n) is 2.51. The van der Waals surface area contributed by atoms with Crippen molar-refractivity contribution in [3.63, 3.8) is 0 Å². The number of anilines is 1. The molecule has 3 aromatic rings. The highest BCUT2D eigenvalue weighted by Crippen LogP contribution is 2.27. The molecule has 0 aliphatic rings. The first-order valence-electron chi connectivity index (χ1n) is 8.83. The van der Waals surface area contributed by atoms with Crippen molar-refractivity contribution >= 4 is 27.5 Å². The van der Waals surface area contributed by atoms with Gasteiger partial charge < -0.3 is 14.8 Å². The van der Waals surface area contributed by atoms with Gasteiger partial charge in [-0.3, -0.25) is 4.79 Å². The monoisotopic (exact) mass is 451 g/mol. The van der Waals surface area contributed by atoms with Gasteiger partial charge in [-0.2, -0.15) is 5.26 Å². The van der Waals surface area contributed by atoms with Crippen molar-refractivity contribution in [3.8, 4) is 23.4 Å². The third-order valence-electron chi connectivity index (χ3n) is 4.06. The summed E-state index contributed by atoms with van der Waals surface area (Å²) in [6, 6.07) is 17.8. The van der Waals surface area contributed by atoms with Gasteiger partial charge in [-0.1, -0.05) is 15.9 Å². The molecular weight excluding hydrogens is 434 g/mol. The van der Waals surface area contributed by atoms with Crippen LogP contribution >= 0.6 is 15.9 Å². The zero-order valence-corrected chi connectivity index (χ0v) is 17.4. The summed E-state index contributed by atoms with van der Waals surface area (Å²) in [6.45, 7) is 3.54. The number of amides is 1. The van der Waals surface area contributed by atoms with Crippen molar-refractivity contribution in [2.45, 2.75) is 20.0 Å². The minimum atomic E-state index is -0.668. The molecule has 146 valence electrons. The van der Waals surface area contributed by atoms with Crippen LogP contribution in [0.3, 0.4) is 0 Å². The number of hydrogen-bond donors (Lipinski definition) is 1. The fraction of sp³-hybridized carbons (Fsp3) is 0.136. The lowest BCUT2D eigenvalue weighted by Crippen LogP contribution is -2.30. The second-order valence-electron chi connectivity index (χ2n) is 6.25. The number of rotatable bonds is 6. The minimum absolute atomic E-state index is 0.239. The molecule has 0 spiro atoms. The summed E-state index contributed by atoms with van der Waals surface area (Å²) in [5.74, 6) is 1.11. The first-order chi connectivity index (χ1) is 14.0. The number of aryl methyl sites for hydroxylation is 1. The topological polar surface area (TPSA) is 84.2 Å². The van der Waals surface area contributed by atoms with Gasteiger partial charge in [0.05, 0.1) is 0 Å². The van der Waals surface area contributed by atoms with Crippen LogP contribution in [-0.4, -0.2) is 17.0 Å². The number of nitriles is 1. The SMILES string of the molecule is Cc1cc(Oc2ncccc2C#N)ccc1NC(=O)C(C)Oc1ccc(Br)cc1. The van der Waals surface area contributed by atoms with Crippen molar-refractivity contribution in [2.75, 3.05) is 5.32 Å². The Labute approximate surface area is 177 Å². The van der Waals surface area contributed by atoms with Crippen LogP contribution < -0.4 is 14.8 Å². The number of carbonyl (C=O) groups is 1. The van der Waals surface area contributed by atoms with Crippen LogP contribution in [0.2, 0.25) is 0 Å². The van der Waals surface area contributed by atoms with Crippen molar-refractivity contribution < 1.29 is 14.3 Å². The molecule has 1 heterocycles. The Morgan fingerprint density at radius 3 is 2.59 bits per heavy atom. The summed E-state index contributed by atoms with van der Waals surface area (Å²) < 4.78 is 12.3. The predicted molar refractivity (Wildman–Crippen MR) is 113 cm³/mol. The zero-order chi connectivity index (χ0) is 20.8. The van der Waals surface area contributed by atoms with Crippen molar-refractivity contribution in [3.05, 3.63) is 76.4 Å². The molecule has 0 aliphatic carbocycles. The van der Waals surface area contributed by atoms with E-state index in [0.717, 1.165) is 10.0 Å². The molecule has 29 heavy (non-hydrogen) atoms. The highest BCUT2D eigenvalue weighted by Gasteiger charge is 2.16. The smallest absolute Gasteiger partial charge is 0.265 e. The first kappa shape index (κ1) is 20.4. The second-order valence-corrected chi connectivity index (χ2v) is 7.17. The van der Waals surface area contributed by atoms with E-state index in [9.17, 15) is 4.79 Å². The molecule has 0 bridgehead atoms. The van der Waals surface area contributed by atoms with Gasteiger partial charge in [-0.05, 0) is 74.0 Å². The van der Waals surface area contributed by atoms with E-state index in [2.05, 4.69) is 26.2 Å². The second kappa shape index (κ2) is 9.22. The molecule has 1 aromatic heterocycles. The van der Waals surface area contributed by atoms with E-state index in [1.165, 1.54) is 0 Å². The van der Waals surface area contributed by atoms with Crippen LogP contribution in [0.4, 0.5) is 5.69 Å². The highest BCUT2D eigenvalue weighted by atomic mass is 79.9. The molecule has 0 fully saturated rings. The lowest BCUT2D eigenvalue weighted by Gasteiger charge is -2.16. The van der Waals surface area contributed by atoms with Gasteiger partial charge >= 0.3 is 0 Å². The third-order valence-corrected chi connectivity index (χ3v) is 4.59. The largest absolute Gasteiger partial charge is 0.481 e.